The van der Waals surface area contributed by atoms with Gasteiger partial charge in [0.2, 0.25) is 10.0 Å². The van der Waals surface area contributed by atoms with Crippen molar-refractivity contribution in [3.63, 3.8) is 0 Å². The van der Waals surface area contributed by atoms with Crippen LogP contribution in [0.5, 0.6) is 0 Å². The summed E-state index contributed by atoms with van der Waals surface area (Å²) in [6.45, 7) is 8.61. The molecule has 1 fully saturated rings. The quantitative estimate of drug-likeness (QED) is 0.615. The average molecular weight is 408 g/mol. The molecule has 3 atom stereocenters. The second-order valence-corrected chi connectivity index (χ2v) is 10.5. The highest BCUT2D eigenvalue weighted by molar-refractivity contribution is 7.89. The fourth-order valence-corrected chi connectivity index (χ4v) is 6.72. The van der Waals surface area contributed by atoms with Crippen molar-refractivity contribution >= 4 is 21.4 Å². The van der Waals surface area contributed by atoms with Gasteiger partial charge in [-0.15, -0.1) is 11.3 Å². The van der Waals surface area contributed by atoms with Gasteiger partial charge in [0.05, 0.1) is 6.04 Å². The standard InChI is InChI=1S/C20H29N3O2S2/c1-13-14(2)22-23-19(13)18-15(3)26-16(4)20(18)27(24,25)21-12-8-11-17-9-6-5-7-10-17/h5-7,9-10,13-14,19,21-23H,8,11-12H2,1-4H3. The largest absolute Gasteiger partial charge is 0.254 e. The molecule has 3 unspecified atom stereocenters. The average Bonchev–Trinajstić information content (AvgIpc) is 3.11. The van der Waals surface area contributed by atoms with Crippen LogP contribution in [0.3, 0.4) is 0 Å². The Labute approximate surface area is 166 Å². The number of aryl methyl sites for hydroxylation is 3. The molecule has 3 rings (SSSR count). The molecule has 7 heteroatoms. The summed E-state index contributed by atoms with van der Waals surface area (Å²) in [4.78, 5) is 2.38. The molecule has 1 aliphatic rings. The molecule has 0 aliphatic carbocycles. The third kappa shape index (κ3) is 4.43. The highest BCUT2D eigenvalue weighted by atomic mass is 32.2. The Morgan fingerprint density at radius 2 is 1.78 bits per heavy atom. The Kier molecular flexibility index (Phi) is 6.38. The molecule has 1 aliphatic heterocycles. The summed E-state index contributed by atoms with van der Waals surface area (Å²) < 4.78 is 29.0. The lowest BCUT2D eigenvalue weighted by Crippen LogP contribution is -2.30. The normalized spacial score (nSPS) is 23.0. The van der Waals surface area contributed by atoms with Gasteiger partial charge in [0.25, 0.3) is 0 Å². The predicted molar refractivity (Wildman–Crippen MR) is 111 cm³/mol. The van der Waals surface area contributed by atoms with Gasteiger partial charge in [-0.3, -0.25) is 5.43 Å². The molecule has 27 heavy (non-hydrogen) atoms. The van der Waals surface area contributed by atoms with Crippen LogP contribution in [0.25, 0.3) is 0 Å². The minimum absolute atomic E-state index is 0.000781. The van der Waals surface area contributed by atoms with Gasteiger partial charge < -0.3 is 0 Å². The molecule has 1 aromatic carbocycles. The molecular formula is C20H29N3O2S2. The van der Waals surface area contributed by atoms with Crippen LogP contribution in [-0.4, -0.2) is 21.0 Å². The topological polar surface area (TPSA) is 70.2 Å². The van der Waals surface area contributed by atoms with Crippen LogP contribution in [-0.2, 0) is 16.4 Å². The second-order valence-electron chi connectivity index (χ2n) is 7.36. The predicted octanol–water partition coefficient (Wildman–Crippen LogP) is 3.45. The molecule has 1 aromatic heterocycles. The molecule has 2 aromatic rings. The number of hydrazine groups is 1. The first-order valence-electron chi connectivity index (χ1n) is 9.46. The van der Waals surface area contributed by atoms with Gasteiger partial charge >= 0.3 is 0 Å². The third-order valence-corrected chi connectivity index (χ3v) is 8.20. The van der Waals surface area contributed by atoms with E-state index in [1.807, 2.05) is 32.0 Å². The van der Waals surface area contributed by atoms with E-state index in [0.717, 1.165) is 28.2 Å². The van der Waals surface area contributed by atoms with Gasteiger partial charge in [-0.2, -0.15) is 0 Å². The number of rotatable bonds is 7. The summed E-state index contributed by atoms with van der Waals surface area (Å²) in [6, 6.07) is 10.4. The van der Waals surface area contributed by atoms with Crippen molar-refractivity contribution in [1.29, 1.82) is 0 Å². The van der Waals surface area contributed by atoms with Crippen molar-refractivity contribution in [3.05, 3.63) is 51.2 Å². The highest BCUT2D eigenvalue weighted by Gasteiger charge is 2.37. The summed E-state index contributed by atoms with van der Waals surface area (Å²) in [5.74, 6) is 0.310. The van der Waals surface area contributed by atoms with Crippen LogP contribution in [0.15, 0.2) is 35.2 Å². The molecule has 148 valence electrons. The van der Waals surface area contributed by atoms with Crippen molar-refractivity contribution in [2.45, 2.75) is 57.5 Å². The number of hydrogen-bond acceptors (Lipinski definition) is 5. The monoisotopic (exact) mass is 407 g/mol. The lowest BCUT2D eigenvalue weighted by Gasteiger charge is -2.19. The summed E-state index contributed by atoms with van der Waals surface area (Å²) in [7, 11) is -3.54. The minimum Gasteiger partial charge on any atom is -0.254 e. The molecule has 5 nitrogen and oxygen atoms in total. The van der Waals surface area contributed by atoms with E-state index in [0.29, 0.717) is 23.4 Å². The van der Waals surface area contributed by atoms with E-state index in [-0.39, 0.29) is 6.04 Å². The van der Waals surface area contributed by atoms with Gasteiger partial charge in [0.15, 0.2) is 0 Å². The smallest absolute Gasteiger partial charge is 0.242 e. The van der Waals surface area contributed by atoms with E-state index in [9.17, 15) is 8.42 Å². The maximum Gasteiger partial charge on any atom is 0.242 e. The molecule has 0 amide bonds. The van der Waals surface area contributed by atoms with Crippen LogP contribution < -0.4 is 15.6 Å². The van der Waals surface area contributed by atoms with E-state index in [1.165, 1.54) is 5.56 Å². The van der Waals surface area contributed by atoms with Gasteiger partial charge in [0, 0.05) is 27.9 Å². The van der Waals surface area contributed by atoms with Crippen LogP contribution in [0, 0.1) is 19.8 Å². The van der Waals surface area contributed by atoms with E-state index < -0.39 is 10.0 Å². The van der Waals surface area contributed by atoms with Gasteiger partial charge in [-0.1, -0.05) is 37.3 Å². The number of thiophene rings is 1. The Morgan fingerprint density at radius 1 is 1.07 bits per heavy atom. The zero-order valence-electron chi connectivity index (χ0n) is 16.4. The number of benzene rings is 1. The number of sulfonamides is 1. The fourth-order valence-electron chi connectivity index (χ4n) is 3.70. The van der Waals surface area contributed by atoms with Crippen LogP contribution >= 0.6 is 11.3 Å². The van der Waals surface area contributed by atoms with Crippen molar-refractivity contribution in [1.82, 2.24) is 15.6 Å². The van der Waals surface area contributed by atoms with E-state index in [4.69, 9.17) is 0 Å². The molecule has 3 N–H and O–H groups in total. The van der Waals surface area contributed by atoms with Crippen molar-refractivity contribution in [2.75, 3.05) is 6.54 Å². The van der Waals surface area contributed by atoms with Crippen molar-refractivity contribution < 1.29 is 8.42 Å². The van der Waals surface area contributed by atoms with Crippen LogP contribution in [0.2, 0.25) is 0 Å². The summed E-state index contributed by atoms with van der Waals surface area (Å²) in [5, 5.41) is 0. The summed E-state index contributed by atoms with van der Waals surface area (Å²) in [6.07, 6.45) is 1.64. The Balaban J connectivity index is 1.74. The van der Waals surface area contributed by atoms with E-state index in [1.54, 1.807) is 11.3 Å². The molecule has 1 saturated heterocycles. The molecule has 0 radical (unpaired) electrons. The molecule has 0 bridgehead atoms. The zero-order valence-corrected chi connectivity index (χ0v) is 18.0. The lowest BCUT2D eigenvalue weighted by atomic mass is 9.92. The van der Waals surface area contributed by atoms with E-state index >= 15 is 0 Å². The van der Waals surface area contributed by atoms with Gasteiger partial charge in [0.1, 0.15) is 4.90 Å². The summed E-state index contributed by atoms with van der Waals surface area (Å²) >= 11 is 1.56. The van der Waals surface area contributed by atoms with Crippen molar-refractivity contribution in [2.24, 2.45) is 5.92 Å². The van der Waals surface area contributed by atoms with Crippen molar-refractivity contribution in [3.8, 4) is 0 Å². The Morgan fingerprint density at radius 3 is 2.41 bits per heavy atom. The Hall–Kier alpha value is -1.25. The maximum absolute atomic E-state index is 13.1. The van der Waals surface area contributed by atoms with E-state index in [2.05, 4.69) is 41.6 Å². The highest BCUT2D eigenvalue weighted by Crippen LogP contribution is 2.40. The molecular weight excluding hydrogens is 378 g/mol. The summed E-state index contributed by atoms with van der Waals surface area (Å²) in [5.41, 5.74) is 8.68. The van der Waals surface area contributed by atoms with Crippen LogP contribution in [0.1, 0.15) is 47.2 Å². The minimum atomic E-state index is -3.54. The number of hydrogen-bond donors (Lipinski definition) is 3. The first kappa shape index (κ1) is 20.5. The molecule has 2 heterocycles. The SMILES string of the molecule is Cc1sc(C)c(S(=O)(=O)NCCCc2ccccc2)c1C1NNC(C)C1C. The second kappa shape index (κ2) is 8.41. The number of nitrogens with one attached hydrogen (secondary N) is 3. The molecule has 0 saturated carbocycles. The zero-order chi connectivity index (χ0) is 19.6. The Bertz CT molecular complexity index is 878. The van der Waals surface area contributed by atoms with Gasteiger partial charge in [-0.25, -0.2) is 18.6 Å². The molecule has 0 spiro atoms. The lowest BCUT2D eigenvalue weighted by molar-refractivity contribution is 0.468. The first-order valence-corrected chi connectivity index (χ1v) is 11.8. The third-order valence-electron chi connectivity index (χ3n) is 5.39. The van der Waals surface area contributed by atoms with Crippen LogP contribution in [0.4, 0.5) is 0 Å². The van der Waals surface area contributed by atoms with Gasteiger partial charge in [-0.05, 0) is 45.1 Å². The maximum atomic E-state index is 13.1. The first-order chi connectivity index (χ1) is 12.8. The fraction of sp³-hybridized carbons (Fsp3) is 0.500.